The Hall–Kier alpha value is -3.14. The molecule has 0 N–H and O–H groups in total. The lowest BCUT2D eigenvalue weighted by molar-refractivity contribution is -0.136. The first-order valence-corrected chi connectivity index (χ1v) is 8.16. The molecule has 4 nitrogen and oxygen atoms in total. The van der Waals surface area contributed by atoms with E-state index in [9.17, 15) is 9.59 Å². The Kier molecular flexibility index (Phi) is 6.50. The summed E-state index contributed by atoms with van der Waals surface area (Å²) in [5.41, 5.74) is 1.52. The van der Waals surface area contributed by atoms with Crippen LogP contribution in [0.4, 0.5) is 0 Å². The van der Waals surface area contributed by atoms with Crippen LogP contribution in [0.1, 0.15) is 21.8 Å². The number of esters is 1. The van der Waals surface area contributed by atoms with Gasteiger partial charge >= 0.3 is 5.97 Å². The number of carbonyl (C=O) groups excluding carboxylic acids is 2. The highest BCUT2D eigenvalue weighted by Gasteiger charge is 2.33. The van der Waals surface area contributed by atoms with Crippen LogP contribution in [0.15, 0.2) is 79.4 Å². The van der Waals surface area contributed by atoms with Gasteiger partial charge < -0.3 is 9.47 Å². The molecule has 0 radical (unpaired) electrons. The Bertz CT molecular complexity index is 791. The number of methoxy groups -OCH3 is 2. The zero-order chi connectivity index (χ0) is 19.1. The number of rotatable bonds is 8. The number of allylic oxidation sites excluding steroid dienone is 1. The van der Waals surface area contributed by atoms with Crippen molar-refractivity contribution >= 4 is 11.8 Å². The van der Waals surface area contributed by atoms with Crippen LogP contribution >= 0.6 is 0 Å². The molecule has 2 rings (SSSR count). The fourth-order valence-corrected chi connectivity index (χ4v) is 2.89. The molecule has 0 amide bonds. The first-order chi connectivity index (χ1) is 12.5. The molecule has 0 heterocycles. The summed E-state index contributed by atoms with van der Waals surface area (Å²) in [6.45, 7) is 7.70. The predicted octanol–water partition coefficient (Wildman–Crippen LogP) is 4.19. The van der Waals surface area contributed by atoms with E-state index in [4.69, 9.17) is 9.47 Å². The van der Waals surface area contributed by atoms with Crippen molar-refractivity contribution in [1.82, 2.24) is 0 Å². The largest absolute Gasteiger partial charge is 0.497 e. The smallest absolute Gasteiger partial charge is 0.333 e. The first kappa shape index (κ1) is 19.2. The molecule has 0 saturated heterocycles. The number of ketones is 1. The minimum atomic E-state index is -0.655. The number of ether oxygens (including phenoxy) is 2. The quantitative estimate of drug-likeness (QED) is 0.310. The summed E-state index contributed by atoms with van der Waals surface area (Å²) < 4.78 is 9.95. The summed E-state index contributed by atoms with van der Waals surface area (Å²) in [7, 11) is 2.86. The Morgan fingerprint density at radius 3 is 2.12 bits per heavy atom. The molecule has 0 fully saturated rings. The molecule has 0 bridgehead atoms. The van der Waals surface area contributed by atoms with E-state index in [1.807, 2.05) is 30.3 Å². The second-order valence-electron chi connectivity index (χ2n) is 5.76. The molecule has 0 saturated carbocycles. The molecular formula is C22H22O4. The lowest BCUT2D eigenvalue weighted by Crippen LogP contribution is -2.25. The van der Waals surface area contributed by atoms with Crippen LogP contribution in [0.3, 0.4) is 0 Å². The Morgan fingerprint density at radius 2 is 1.62 bits per heavy atom. The summed E-state index contributed by atoms with van der Waals surface area (Å²) in [4.78, 5) is 25.2. The van der Waals surface area contributed by atoms with Crippen molar-refractivity contribution in [2.45, 2.75) is 5.92 Å². The lowest BCUT2D eigenvalue weighted by Gasteiger charge is -2.25. The van der Waals surface area contributed by atoms with Gasteiger partial charge in [0.25, 0.3) is 0 Å². The van der Waals surface area contributed by atoms with E-state index in [0.29, 0.717) is 11.3 Å². The third-order valence-corrected chi connectivity index (χ3v) is 4.27. The van der Waals surface area contributed by atoms with E-state index in [0.717, 1.165) is 5.56 Å². The highest BCUT2D eigenvalue weighted by atomic mass is 16.5. The number of Topliss-reactive ketones (excluding diaryl/α,β-unsaturated/α-hetero) is 1. The summed E-state index contributed by atoms with van der Waals surface area (Å²) in [5, 5.41) is 0. The van der Waals surface area contributed by atoms with Crippen molar-refractivity contribution in [1.29, 1.82) is 0 Å². The summed E-state index contributed by atoms with van der Waals surface area (Å²) >= 11 is 0. The van der Waals surface area contributed by atoms with Crippen LogP contribution in [0, 0.1) is 5.92 Å². The third-order valence-electron chi connectivity index (χ3n) is 4.27. The van der Waals surface area contributed by atoms with Crippen LogP contribution in [0.2, 0.25) is 0 Å². The molecule has 0 spiro atoms. The Balaban J connectivity index is 2.45. The predicted molar refractivity (Wildman–Crippen MR) is 101 cm³/mol. The number of benzene rings is 2. The van der Waals surface area contributed by atoms with E-state index in [1.54, 1.807) is 37.5 Å². The fraction of sp³-hybridized carbons (Fsp3) is 0.182. The zero-order valence-electron chi connectivity index (χ0n) is 15.0. The van der Waals surface area contributed by atoms with Gasteiger partial charge in [0, 0.05) is 17.1 Å². The zero-order valence-corrected chi connectivity index (χ0v) is 15.0. The van der Waals surface area contributed by atoms with Gasteiger partial charge in [0.1, 0.15) is 5.75 Å². The van der Waals surface area contributed by atoms with E-state index >= 15 is 0 Å². The standard InChI is InChI=1S/C22H22O4/c1-5-19(21(23)17-11-13-18(25-3)14-12-17)20(15(2)22(24)26-4)16-9-7-6-8-10-16/h5-14,19-20H,1-2H2,3-4H3/t19-,20-/m0/s1. The van der Waals surface area contributed by atoms with Gasteiger partial charge in [-0.3, -0.25) is 4.79 Å². The Labute approximate surface area is 153 Å². The average Bonchev–Trinajstić information content (AvgIpc) is 2.71. The van der Waals surface area contributed by atoms with E-state index in [2.05, 4.69) is 13.2 Å². The molecule has 0 unspecified atom stereocenters. The van der Waals surface area contributed by atoms with Crippen molar-refractivity contribution in [3.05, 3.63) is 90.5 Å². The molecule has 0 aromatic heterocycles. The topological polar surface area (TPSA) is 52.6 Å². The first-order valence-electron chi connectivity index (χ1n) is 8.16. The normalized spacial score (nSPS) is 12.5. The molecule has 2 aromatic carbocycles. The molecular weight excluding hydrogens is 328 g/mol. The maximum atomic E-state index is 13.1. The van der Waals surface area contributed by atoms with Crippen LogP contribution in [0.5, 0.6) is 5.75 Å². The van der Waals surface area contributed by atoms with E-state index < -0.39 is 17.8 Å². The maximum Gasteiger partial charge on any atom is 0.333 e. The molecule has 4 heteroatoms. The lowest BCUT2D eigenvalue weighted by atomic mass is 9.77. The van der Waals surface area contributed by atoms with Crippen LogP contribution in [-0.2, 0) is 9.53 Å². The van der Waals surface area contributed by atoms with E-state index in [1.165, 1.54) is 7.11 Å². The SMILES string of the molecule is C=C[C@H](C(=O)c1ccc(OC)cc1)[C@@H](C(=C)C(=O)OC)c1ccccc1. The third kappa shape index (κ3) is 4.09. The Morgan fingerprint density at radius 1 is 1.00 bits per heavy atom. The highest BCUT2D eigenvalue weighted by molar-refractivity contribution is 6.01. The van der Waals surface area contributed by atoms with Gasteiger partial charge in [-0.2, -0.15) is 0 Å². The average molecular weight is 350 g/mol. The second-order valence-corrected chi connectivity index (χ2v) is 5.76. The molecule has 0 aliphatic rings. The van der Waals surface area contributed by atoms with Gasteiger partial charge in [-0.15, -0.1) is 6.58 Å². The van der Waals surface area contributed by atoms with Crippen molar-refractivity contribution in [3.8, 4) is 5.75 Å². The monoisotopic (exact) mass is 350 g/mol. The fourth-order valence-electron chi connectivity index (χ4n) is 2.89. The molecule has 0 aliphatic carbocycles. The van der Waals surface area contributed by atoms with Gasteiger partial charge in [0.05, 0.1) is 20.1 Å². The van der Waals surface area contributed by atoms with Crippen molar-refractivity contribution < 1.29 is 19.1 Å². The molecule has 0 aliphatic heterocycles. The minimum Gasteiger partial charge on any atom is -0.497 e. The highest BCUT2D eigenvalue weighted by Crippen LogP contribution is 2.35. The van der Waals surface area contributed by atoms with Crippen LogP contribution in [-0.4, -0.2) is 26.0 Å². The van der Waals surface area contributed by atoms with Crippen LogP contribution in [0.25, 0.3) is 0 Å². The summed E-state index contributed by atoms with van der Waals surface area (Å²) in [5.74, 6) is -1.25. The van der Waals surface area contributed by atoms with E-state index in [-0.39, 0.29) is 11.4 Å². The minimum absolute atomic E-state index is 0.151. The number of hydrogen-bond donors (Lipinski definition) is 0. The number of carbonyl (C=O) groups is 2. The van der Waals surface area contributed by atoms with Gasteiger partial charge in [-0.25, -0.2) is 4.79 Å². The van der Waals surface area contributed by atoms with Crippen LogP contribution < -0.4 is 4.74 Å². The van der Waals surface area contributed by atoms with Gasteiger partial charge in [0.15, 0.2) is 5.78 Å². The number of hydrogen-bond acceptors (Lipinski definition) is 4. The molecule has 134 valence electrons. The van der Waals surface area contributed by atoms with Crippen molar-refractivity contribution in [2.24, 2.45) is 5.92 Å². The molecule has 2 aromatic rings. The van der Waals surface area contributed by atoms with Gasteiger partial charge in [0.2, 0.25) is 0 Å². The van der Waals surface area contributed by atoms with Gasteiger partial charge in [-0.1, -0.05) is 43.0 Å². The molecule has 2 atom stereocenters. The summed E-state index contributed by atoms with van der Waals surface area (Å²) in [6, 6.07) is 16.1. The second kappa shape index (κ2) is 8.81. The molecule has 26 heavy (non-hydrogen) atoms. The summed E-state index contributed by atoms with van der Waals surface area (Å²) in [6.07, 6.45) is 1.55. The van der Waals surface area contributed by atoms with Crippen molar-refractivity contribution in [3.63, 3.8) is 0 Å². The van der Waals surface area contributed by atoms with Crippen molar-refractivity contribution in [2.75, 3.05) is 14.2 Å². The van der Waals surface area contributed by atoms with Gasteiger partial charge in [-0.05, 0) is 29.8 Å². The maximum absolute atomic E-state index is 13.1.